The molecule has 0 spiro atoms. The van der Waals surface area contributed by atoms with Crippen molar-refractivity contribution < 1.29 is 14.3 Å². The van der Waals surface area contributed by atoms with Gasteiger partial charge in [0.05, 0.1) is 25.0 Å². The van der Waals surface area contributed by atoms with Crippen molar-refractivity contribution in [2.45, 2.75) is 26.4 Å². The molecule has 1 atom stereocenters. The summed E-state index contributed by atoms with van der Waals surface area (Å²) in [7, 11) is 0. The van der Waals surface area contributed by atoms with Crippen LogP contribution in [0.1, 0.15) is 24.2 Å². The molecule has 0 fully saturated rings. The lowest BCUT2D eigenvalue weighted by Crippen LogP contribution is -2.42. The Kier molecular flexibility index (Phi) is 3.95. The van der Waals surface area contributed by atoms with Gasteiger partial charge in [-0.2, -0.15) is 15.0 Å². The Bertz CT molecular complexity index is 655. The minimum atomic E-state index is -0.149. The second-order valence-electron chi connectivity index (χ2n) is 5.48. The number of hydrogen-bond acceptors (Lipinski definition) is 5. The van der Waals surface area contributed by atoms with Gasteiger partial charge >= 0.3 is 0 Å². The maximum atomic E-state index is 12.4. The Labute approximate surface area is 128 Å². The van der Waals surface area contributed by atoms with E-state index in [1.165, 1.54) is 0 Å². The molecular weight excluding hydrogens is 284 g/mol. The summed E-state index contributed by atoms with van der Waals surface area (Å²) in [5, 5.41) is 11.2. The van der Waals surface area contributed by atoms with Crippen molar-refractivity contribution >= 4 is 5.91 Å². The predicted molar refractivity (Wildman–Crippen MR) is 78.7 cm³/mol. The Balaban J connectivity index is 1.70. The molecular formula is C15H18N4O3. The fourth-order valence-electron chi connectivity index (χ4n) is 2.23. The predicted octanol–water partition coefficient (Wildman–Crippen LogP) is 1.46. The maximum absolute atomic E-state index is 12.4. The third-order valence-corrected chi connectivity index (χ3v) is 3.58. The van der Waals surface area contributed by atoms with Gasteiger partial charge in [0, 0.05) is 5.56 Å². The number of nitrogens with zero attached hydrogens (tertiary/aromatic N) is 3. The van der Waals surface area contributed by atoms with Gasteiger partial charge in [-0.05, 0) is 24.1 Å². The number of benzene rings is 1. The van der Waals surface area contributed by atoms with E-state index in [4.69, 9.17) is 9.47 Å². The molecule has 1 aliphatic heterocycles. The molecule has 0 saturated carbocycles. The van der Waals surface area contributed by atoms with Crippen LogP contribution in [0.3, 0.4) is 0 Å². The molecule has 1 amide bonds. The molecule has 3 rings (SSSR count). The van der Waals surface area contributed by atoms with Gasteiger partial charge in [-0.1, -0.05) is 13.8 Å². The number of ether oxygens (including phenoxy) is 2. The van der Waals surface area contributed by atoms with Crippen molar-refractivity contribution in [1.29, 1.82) is 0 Å². The number of carbonyl (C=O) groups is 1. The summed E-state index contributed by atoms with van der Waals surface area (Å²) < 4.78 is 10.5. The van der Waals surface area contributed by atoms with Crippen LogP contribution in [0.4, 0.5) is 0 Å². The standard InChI is InChI=1S/C15H18N4O3/c1-10(2)12(8-19-16-5-6-17-19)18-15(20)11-3-4-13-14(7-11)22-9-21-13/h3-7,10,12H,8-9H2,1-2H3,(H,18,20). The van der Waals surface area contributed by atoms with E-state index in [1.807, 2.05) is 13.8 Å². The molecule has 7 nitrogen and oxygen atoms in total. The largest absolute Gasteiger partial charge is 0.454 e. The molecule has 22 heavy (non-hydrogen) atoms. The fourth-order valence-corrected chi connectivity index (χ4v) is 2.23. The zero-order valence-corrected chi connectivity index (χ0v) is 12.5. The van der Waals surface area contributed by atoms with Gasteiger partial charge in [-0.15, -0.1) is 0 Å². The molecule has 2 aromatic rings. The quantitative estimate of drug-likeness (QED) is 0.904. The van der Waals surface area contributed by atoms with Gasteiger partial charge in [-0.3, -0.25) is 4.79 Å². The number of aromatic nitrogens is 3. The van der Waals surface area contributed by atoms with Crippen molar-refractivity contribution in [3.63, 3.8) is 0 Å². The lowest BCUT2D eigenvalue weighted by molar-refractivity contribution is 0.0917. The normalized spacial score (nSPS) is 14.1. The van der Waals surface area contributed by atoms with Crippen molar-refractivity contribution in [3.05, 3.63) is 36.2 Å². The molecule has 0 aliphatic carbocycles. The van der Waals surface area contributed by atoms with Gasteiger partial charge in [0.2, 0.25) is 6.79 Å². The summed E-state index contributed by atoms with van der Waals surface area (Å²) in [6.07, 6.45) is 3.24. The van der Waals surface area contributed by atoms with Gasteiger partial charge in [0.15, 0.2) is 11.5 Å². The van der Waals surface area contributed by atoms with Crippen LogP contribution in [-0.2, 0) is 6.54 Å². The highest BCUT2D eigenvalue weighted by Gasteiger charge is 2.21. The van der Waals surface area contributed by atoms with Crippen LogP contribution in [-0.4, -0.2) is 33.7 Å². The number of rotatable bonds is 5. The number of nitrogens with one attached hydrogen (secondary N) is 1. The fraction of sp³-hybridized carbons (Fsp3) is 0.400. The Morgan fingerprint density at radius 3 is 2.73 bits per heavy atom. The number of carbonyl (C=O) groups excluding carboxylic acids is 1. The first-order chi connectivity index (χ1) is 10.6. The van der Waals surface area contributed by atoms with Gasteiger partial charge in [0.25, 0.3) is 5.91 Å². The summed E-state index contributed by atoms with van der Waals surface area (Å²) in [6, 6.07) is 5.11. The summed E-state index contributed by atoms with van der Waals surface area (Å²) in [5.74, 6) is 1.37. The molecule has 0 bridgehead atoms. The minimum absolute atomic E-state index is 0.0645. The average molecular weight is 302 g/mol. The Morgan fingerprint density at radius 2 is 2.00 bits per heavy atom. The summed E-state index contributed by atoms with van der Waals surface area (Å²) in [4.78, 5) is 14.0. The van der Waals surface area contributed by atoms with Gasteiger partial charge < -0.3 is 14.8 Å². The van der Waals surface area contributed by atoms with Crippen LogP contribution in [0.25, 0.3) is 0 Å². The second kappa shape index (κ2) is 6.05. The van der Waals surface area contributed by atoms with Crippen LogP contribution in [0.2, 0.25) is 0 Å². The topological polar surface area (TPSA) is 78.3 Å². The van der Waals surface area contributed by atoms with Gasteiger partial charge in [0.1, 0.15) is 0 Å². The molecule has 1 aromatic heterocycles. The van der Waals surface area contributed by atoms with E-state index in [0.717, 1.165) is 0 Å². The number of hydrogen-bond donors (Lipinski definition) is 1. The van der Waals surface area contributed by atoms with E-state index >= 15 is 0 Å². The zero-order chi connectivity index (χ0) is 15.5. The summed E-state index contributed by atoms with van der Waals surface area (Å²) >= 11 is 0. The molecule has 0 saturated heterocycles. The third kappa shape index (κ3) is 3.03. The van der Waals surface area contributed by atoms with Crippen molar-refractivity contribution in [2.24, 2.45) is 5.92 Å². The first-order valence-electron chi connectivity index (χ1n) is 7.18. The Hall–Kier alpha value is -2.57. The molecule has 1 unspecified atom stereocenters. The van der Waals surface area contributed by atoms with Gasteiger partial charge in [-0.25, -0.2) is 0 Å². The van der Waals surface area contributed by atoms with E-state index < -0.39 is 0 Å². The number of amides is 1. The minimum Gasteiger partial charge on any atom is -0.454 e. The van der Waals surface area contributed by atoms with Crippen LogP contribution in [0.5, 0.6) is 11.5 Å². The maximum Gasteiger partial charge on any atom is 0.251 e. The van der Waals surface area contributed by atoms with E-state index in [0.29, 0.717) is 23.6 Å². The lowest BCUT2D eigenvalue weighted by atomic mass is 10.0. The van der Waals surface area contributed by atoms with Crippen LogP contribution < -0.4 is 14.8 Å². The van der Waals surface area contributed by atoms with E-state index in [-0.39, 0.29) is 24.7 Å². The molecule has 1 aliphatic rings. The molecule has 1 N–H and O–H groups in total. The van der Waals surface area contributed by atoms with E-state index in [9.17, 15) is 4.79 Å². The highest BCUT2D eigenvalue weighted by atomic mass is 16.7. The molecule has 2 heterocycles. The number of fused-ring (bicyclic) bond motifs is 1. The Morgan fingerprint density at radius 1 is 1.27 bits per heavy atom. The first kappa shape index (κ1) is 14.4. The summed E-state index contributed by atoms with van der Waals surface area (Å²) in [6.45, 7) is 4.82. The first-order valence-corrected chi connectivity index (χ1v) is 7.18. The monoisotopic (exact) mass is 302 g/mol. The zero-order valence-electron chi connectivity index (χ0n) is 12.5. The van der Waals surface area contributed by atoms with Crippen molar-refractivity contribution in [1.82, 2.24) is 20.3 Å². The highest BCUT2D eigenvalue weighted by Crippen LogP contribution is 2.32. The van der Waals surface area contributed by atoms with Crippen LogP contribution in [0, 0.1) is 5.92 Å². The molecule has 7 heteroatoms. The second-order valence-corrected chi connectivity index (χ2v) is 5.48. The van der Waals surface area contributed by atoms with Crippen LogP contribution in [0.15, 0.2) is 30.6 Å². The van der Waals surface area contributed by atoms with Crippen LogP contribution >= 0.6 is 0 Å². The average Bonchev–Trinajstić information content (AvgIpc) is 3.16. The van der Waals surface area contributed by atoms with E-state index in [2.05, 4.69) is 15.5 Å². The lowest BCUT2D eigenvalue weighted by Gasteiger charge is -2.21. The third-order valence-electron chi connectivity index (χ3n) is 3.58. The summed E-state index contributed by atoms with van der Waals surface area (Å²) in [5.41, 5.74) is 0.545. The highest BCUT2D eigenvalue weighted by molar-refractivity contribution is 5.95. The van der Waals surface area contributed by atoms with Crippen molar-refractivity contribution in [3.8, 4) is 11.5 Å². The SMILES string of the molecule is CC(C)C(Cn1nccn1)NC(=O)c1ccc2c(c1)OCO2. The molecule has 0 radical (unpaired) electrons. The van der Waals surface area contributed by atoms with Crippen molar-refractivity contribution in [2.75, 3.05) is 6.79 Å². The van der Waals surface area contributed by atoms with E-state index in [1.54, 1.807) is 35.4 Å². The smallest absolute Gasteiger partial charge is 0.251 e. The molecule has 116 valence electrons. The molecule has 1 aromatic carbocycles.